The zero-order chi connectivity index (χ0) is 14.4. The minimum Gasteiger partial charge on any atom is -0.302 e. The molecular weight excluding hydrogens is 300 g/mol. The summed E-state index contributed by atoms with van der Waals surface area (Å²) in [5, 5.41) is 0. The van der Waals surface area contributed by atoms with Gasteiger partial charge in [-0.25, -0.2) is 8.42 Å². The molecule has 0 heterocycles. The van der Waals surface area contributed by atoms with E-state index in [4.69, 9.17) is 9.11 Å². The predicted molar refractivity (Wildman–Crippen MR) is 73.4 cm³/mol. The average molecular weight is 308 g/mol. The second-order valence-corrected chi connectivity index (χ2v) is 6.18. The molecule has 7 heteroatoms. The topological polar surface area (TPSA) is 91.7 Å². The van der Waals surface area contributed by atoms with Crippen molar-refractivity contribution in [3.63, 3.8) is 0 Å². The normalized spacial score (nSPS) is 15.6. The highest BCUT2D eigenvalue weighted by Gasteiger charge is 2.28. The van der Waals surface area contributed by atoms with E-state index in [0.717, 1.165) is 0 Å². The summed E-state index contributed by atoms with van der Waals surface area (Å²) < 4.78 is 40.2. The van der Waals surface area contributed by atoms with E-state index in [0.29, 0.717) is 22.3 Å². The van der Waals surface area contributed by atoms with Crippen molar-refractivity contribution < 1.29 is 22.3 Å². The predicted octanol–water partition coefficient (Wildman–Crippen LogP) is 2.06. The number of rotatable bonds is 2. The van der Waals surface area contributed by atoms with Crippen LogP contribution in [-0.4, -0.2) is 23.3 Å². The Morgan fingerprint density at radius 3 is 1.45 bits per heavy atom. The average Bonchev–Trinajstić information content (AvgIpc) is 2.71. The Bertz CT molecular complexity index is 732. The minimum atomic E-state index is -2.15. The van der Waals surface area contributed by atoms with E-state index in [-0.39, 0.29) is 15.6 Å². The maximum Gasteiger partial charge on any atom is 0.194 e. The number of benzene rings is 2. The molecule has 1 aliphatic rings. The van der Waals surface area contributed by atoms with Crippen LogP contribution < -0.4 is 0 Å². The van der Waals surface area contributed by atoms with Crippen molar-refractivity contribution in [2.75, 3.05) is 0 Å². The molecule has 102 valence electrons. The van der Waals surface area contributed by atoms with Gasteiger partial charge in [0.1, 0.15) is 0 Å². The summed E-state index contributed by atoms with van der Waals surface area (Å²) >= 11 is -4.31. The molecule has 2 atom stereocenters. The standard InChI is InChI=1S/C13H8O5S2/c14-13-11-5-7(19(15)16)1-3-9(11)10-4-2-8(20(17)18)6-12(10)13/h1-6H,(H,15,16)(H,17,18). The lowest BCUT2D eigenvalue weighted by molar-refractivity contribution is 0.104. The molecule has 0 saturated carbocycles. The summed E-state index contributed by atoms with van der Waals surface area (Å²) in [4.78, 5) is 12.6. The molecule has 2 unspecified atom stereocenters. The van der Waals surface area contributed by atoms with Gasteiger partial charge in [0.15, 0.2) is 27.9 Å². The number of ketones is 1. The van der Waals surface area contributed by atoms with Crippen LogP contribution in [0.4, 0.5) is 0 Å². The van der Waals surface area contributed by atoms with Crippen molar-refractivity contribution in [3.05, 3.63) is 47.5 Å². The molecule has 2 aromatic carbocycles. The van der Waals surface area contributed by atoms with Crippen LogP contribution in [-0.2, 0) is 22.2 Å². The third kappa shape index (κ3) is 1.95. The fourth-order valence-electron chi connectivity index (χ4n) is 2.25. The summed E-state index contributed by atoms with van der Waals surface area (Å²) in [7, 11) is 0. The summed E-state index contributed by atoms with van der Waals surface area (Å²) in [6.07, 6.45) is 0. The van der Waals surface area contributed by atoms with Gasteiger partial charge in [-0.05, 0) is 35.4 Å². The quantitative estimate of drug-likeness (QED) is 0.707. The molecule has 0 saturated heterocycles. The lowest BCUT2D eigenvalue weighted by atomic mass is 10.1. The van der Waals surface area contributed by atoms with E-state index >= 15 is 0 Å². The van der Waals surface area contributed by atoms with Crippen LogP contribution in [0.25, 0.3) is 11.1 Å². The van der Waals surface area contributed by atoms with Crippen molar-refractivity contribution >= 4 is 27.9 Å². The lowest BCUT2D eigenvalue weighted by Crippen LogP contribution is -1.98. The Labute approximate surface area is 119 Å². The van der Waals surface area contributed by atoms with Gasteiger partial charge in [0, 0.05) is 11.1 Å². The van der Waals surface area contributed by atoms with Crippen LogP contribution in [0.5, 0.6) is 0 Å². The second kappa shape index (κ2) is 4.71. The van der Waals surface area contributed by atoms with Crippen LogP contribution >= 0.6 is 0 Å². The molecule has 0 aromatic heterocycles. The molecule has 0 spiro atoms. The van der Waals surface area contributed by atoms with Gasteiger partial charge in [-0.15, -0.1) is 0 Å². The van der Waals surface area contributed by atoms with Crippen LogP contribution in [0.2, 0.25) is 0 Å². The first-order chi connectivity index (χ1) is 9.49. The Kier molecular flexibility index (Phi) is 3.14. The maximum atomic E-state index is 12.3. The van der Waals surface area contributed by atoms with E-state index in [2.05, 4.69) is 0 Å². The zero-order valence-corrected chi connectivity index (χ0v) is 11.5. The minimum absolute atomic E-state index is 0.149. The van der Waals surface area contributed by atoms with Gasteiger partial charge in [0.25, 0.3) is 0 Å². The van der Waals surface area contributed by atoms with Crippen molar-refractivity contribution in [2.24, 2.45) is 0 Å². The number of carbonyl (C=O) groups excluding carboxylic acids is 1. The molecule has 0 amide bonds. The fourth-order valence-corrected chi connectivity index (χ4v) is 3.06. The van der Waals surface area contributed by atoms with Crippen molar-refractivity contribution in [3.8, 4) is 11.1 Å². The Balaban J connectivity index is 2.21. The Morgan fingerprint density at radius 1 is 0.700 bits per heavy atom. The van der Waals surface area contributed by atoms with Crippen molar-refractivity contribution in [1.82, 2.24) is 0 Å². The molecule has 0 aliphatic heterocycles. The third-order valence-corrected chi connectivity index (χ3v) is 4.48. The largest absolute Gasteiger partial charge is 0.302 e. The number of hydrogen-bond donors (Lipinski definition) is 2. The van der Waals surface area contributed by atoms with Crippen molar-refractivity contribution in [1.29, 1.82) is 0 Å². The third-order valence-electron chi connectivity index (χ3n) is 3.16. The summed E-state index contributed by atoms with van der Waals surface area (Å²) in [6.45, 7) is 0. The Morgan fingerprint density at radius 2 is 1.10 bits per heavy atom. The fraction of sp³-hybridized carbons (Fsp3) is 0. The van der Waals surface area contributed by atoms with Gasteiger partial charge in [-0.3, -0.25) is 4.79 Å². The van der Waals surface area contributed by atoms with Gasteiger partial charge in [-0.2, -0.15) is 0 Å². The SMILES string of the molecule is O=C1c2cc(S(=O)O)ccc2-c2ccc(S(=O)O)cc21. The lowest BCUT2D eigenvalue weighted by Gasteiger charge is -2.01. The molecular formula is C13H8O5S2. The van der Waals surface area contributed by atoms with Crippen LogP contribution in [0, 0.1) is 0 Å². The molecule has 1 aliphatic carbocycles. The maximum absolute atomic E-state index is 12.3. The van der Waals surface area contributed by atoms with Gasteiger partial charge in [-0.1, -0.05) is 12.1 Å². The van der Waals surface area contributed by atoms with E-state index in [1.54, 1.807) is 12.1 Å². The molecule has 2 N–H and O–H groups in total. The van der Waals surface area contributed by atoms with E-state index in [1.807, 2.05) is 0 Å². The highest BCUT2D eigenvalue weighted by molar-refractivity contribution is 7.79. The van der Waals surface area contributed by atoms with Crippen molar-refractivity contribution in [2.45, 2.75) is 9.79 Å². The molecule has 0 bridgehead atoms. The van der Waals surface area contributed by atoms with E-state index < -0.39 is 22.2 Å². The first-order valence-electron chi connectivity index (χ1n) is 5.54. The summed E-state index contributed by atoms with van der Waals surface area (Å²) in [5.74, 6) is -0.311. The molecule has 3 rings (SSSR count). The molecule has 0 fully saturated rings. The molecule has 5 nitrogen and oxygen atoms in total. The van der Waals surface area contributed by atoms with Gasteiger partial charge in [0.05, 0.1) is 9.79 Å². The van der Waals surface area contributed by atoms with Gasteiger partial charge in [0.2, 0.25) is 0 Å². The molecule has 20 heavy (non-hydrogen) atoms. The monoisotopic (exact) mass is 308 g/mol. The van der Waals surface area contributed by atoms with Crippen LogP contribution in [0.15, 0.2) is 46.2 Å². The first kappa shape index (κ1) is 13.3. The van der Waals surface area contributed by atoms with E-state index in [1.165, 1.54) is 24.3 Å². The Hall–Kier alpha value is -1.67. The molecule has 0 radical (unpaired) electrons. The highest BCUT2D eigenvalue weighted by atomic mass is 32.2. The zero-order valence-electron chi connectivity index (χ0n) is 9.90. The second-order valence-electron chi connectivity index (χ2n) is 4.24. The highest BCUT2D eigenvalue weighted by Crippen LogP contribution is 2.38. The van der Waals surface area contributed by atoms with E-state index in [9.17, 15) is 13.2 Å². The summed E-state index contributed by atoms with van der Waals surface area (Å²) in [6, 6.07) is 8.94. The number of carbonyl (C=O) groups is 1. The van der Waals surface area contributed by atoms with Crippen LogP contribution in [0.3, 0.4) is 0 Å². The summed E-state index contributed by atoms with van der Waals surface area (Å²) in [5.41, 5.74) is 1.99. The molecule has 2 aromatic rings. The number of fused-ring (bicyclic) bond motifs is 3. The number of hydrogen-bond acceptors (Lipinski definition) is 3. The van der Waals surface area contributed by atoms with Gasteiger partial charge >= 0.3 is 0 Å². The first-order valence-corrected chi connectivity index (χ1v) is 7.75. The van der Waals surface area contributed by atoms with Gasteiger partial charge < -0.3 is 9.11 Å². The smallest absolute Gasteiger partial charge is 0.194 e. The van der Waals surface area contributed by atoms with Crippen LogP contribution in [0.1, 0.15) is 15.9 Å².